The number of aliphatic hydroxyl groups is 1. The number of rotatable bonds is 3. The largest absolute Gasteiger partial charge is 0.390 e. The molecule has 1 aromatic carbocycles. The Morgan fingerprint density at radius 2 is 1.95 bits per heavy atom. The van der Waals surface area contributed by atoms with Crippen molar-refractivity contribution in [3.05, 3.63) is 65.5 Å². The van der Waals surface area contributed by atoms with Crippen LogP contribution < -0.4 is 5.32 Å². The monoisotopic (exact) mass is 282 g/mol. The number of aliphatic hydroxyl groups excluding tert-OH is 1. The highest BCUT2D eigenvalue weighted by molar-refractivity contribution is 5.30. The van der Waals surface area contributed by atoms with E-state index in [1.807, 2.05) is 6.07 Å². The van der Waals surface area contributed by atoms with Crippen LogP contribution in [-0.4, -0.2) is 15.6 Å². The van der Waals surface area contributed by atoms with Gasteiger partial charge in [0.05, 0.1) is 12.3 Å². The van der Waals surface area contributed by atoms with Crippen molar-refractivity contribution in [1.82, 2.24) is 10.3 Å². The molecule has 0 bridgehead atoms. The van der Waals surface area contributed by atoms with Gasteiger partial charge in [-0.15, -0.1) is 0 Å². The summed E-state index contributed by atoms with van der Waals surface area (Å²) in [5, 5.41) is 13.0. The first-order chi connectivity index (χ1) is 10.1. The topological polar surface area (TPSA) is 45.2 Å². The molecule has 0 amide bonds. The number of pyridine rings is 1. The van der Waals surface area contributed by atoms with Gasteiger partial charge >= 0.3 is 0 Å². The van der Waals surface area contributed by atoms with Crippen molar-refractivity contribution in [3.63, 3.8) is 0 Å². The van der Waals surface area contributed by atoms with Crippen LogP contribution in [0.4, 0.5) is 0 Å². The lowest BCUT2D eigenvalue weighted by molar-refractivity contribution is 0.276. The summed E-state index contributed by atoms with van der Waals surface area (Å²) in [6, 6.07) is 15.1. The van der Waals surface area contributed by atoms with Crippen molar-refractivity contribution >= 4 is 0 Å². The predicted molar refractivity (Wildman–Crippen MR) is 83.9 cm³/mol. The molecule has 1 aromatic heterocycles. The minimum Gasteiger partial charge on any atom is -0.390 e. The van der Waals surface area contributed by atoms with Gasteiger partial charge in [-0.05, 0) is 43.5 Å². The van der Waals surface area contributed by atoms with Crippen LogP contribution in [0.3, 0.4) is 0 Å². The van der Waals surface area contributed by atoms with Gasteiger partial charge in [-0.3, -0.25) is 4.98 Å². The van der Waals surface area contributed by atoms with E-state index in [2.05, 4.69) is 60.5 Å². The normalized spacial score (nSPS) is 24.1. The van der Waals surface area contributed by atoms with Crippen LogP contribution >= 0.6 is 0 Å². The molecule has 2 aromatic rings. The highest BCUT2D eigenvalue weighted by Gasteiger charge is 2.41. The predicted octanol–water partition coefficient (Wildman–Crippen LogP) is 3.17. The highest BCUT2D eigenvalue weighted by Crippen LogP contribution is 2.43. The van der Waals surface area contributed by atoms with Crippen molar-refractivity contribution < 1.29 is 5.11 Å². The minimum atomic E-state index is -0.00344. The van der Waals surface area contributed by atoms with Gasteiger partial charge in [-0.2, -0.15) is 0 Å². The second-order valence-corrected chi connectivity index (χ2v) is 6.36. The van der Waals surface area contributed by atoms with Crippen LogP contribution in [0.5, 0.6) is 0 Å². The van der Waals surface area contributed by atoms with Crippen LogP contribution in [-0.2, 0) is 6.61 Å². The van der Waals surface area contributed by atoms with E-state index in [1.54, 1.807) is 6.20 Å². The molecule has 0 aliphatic carbocycles. The lowest BCUT2D eigenvalue weighted by Crippen LogP contribution is -2.37. The molecule has 2 heterocycles. The van der Waals surface area contributed by atoms with Gasteiger partial charge in [0.2, 0.25) is 0 Å². The molecule has 110 valence electrons. The smallest absolute Gasteiger partial charge is 0.0853 e. The maximum Gasteiger partial charge on any atom is 0.0853 e. The number of nitrogens with zero attached hydrogens (tertiary/aromatic N) is 1. The van der Waals surface area contributed by atoms with Gasteiger partial charge < -0.3 is 10.4 Å². The molecular weight excluding hydrogens is 260 g/mol. The third kappa shape index (κ3) is 2.85. The minimum absolute atomic E-state index is 0.00344. The average Bonchev–Trinajstić information content (AvgIpc) is 2.84. The van der Waals surface area contributed by atoms with E-state index in [0.29, 0.717) is 12.0 Å². The second kappa shape index (κ2) is 5.58. The number of hydrogen-bond acceptors (Lipinski definition) is 3. The first-order valence-electron chi connectivity index (χ1n) is 7.48. The second-order valence-electron chi connectivity index (χ2n) is 6.36. The molecule has 2 atom stereocenters. The van der Waals surface area contributed by atoms with Crippen molar-refractivity contribution in [3.8, 4) is 0 Å². The first-order valence-corrected chi connectivity index (χ1v) is 7.48. The molecule has 2 N–H and O–H groups in total. The summed E-state index contributed by atoms with van der Waals surface area (Å²) in [5.74, 6) is 0.413. The highest BCUT2D eigenvalue weighted by atomic mass is 16.3. The Kier molecular flexibility index (Phi) is 3.79. The van der Waals surface area contributed by atoms with Crippen LogP contribution in [0.15, 0.2) is 48.7 Å². The summed E-state index contributed by atoms with van der Waals surface area (Å²) in [4.78, 5) is 4.18. The summed E-state index contributed by atoms with van der Waals surface area (Å²) in [7, 11) is 0. The van der Waals surface area contributed by atoms with Crippen molar-refractivity contribution in [2.24, 2.45) is 0 Å². The van der Waals surface area contributed by atoms with Crippen LogP contribution in [0, 0.1) is 0 Å². The quantitative estimate of drug-likeness (QED) is 0.909. The number of hydrogen-bond donors (Lipinski definition) is 2. The van der Waals surface area contributed by atoms with Crippen molar-refractivity contribution in [2.75, 3.05) is 0 Å². The summed E-state index contributed by atoms with van der Waals surface area (Å²) >= 11 is 0. The molecular formula is C18H22N2O. The third-order valence-electron chi connectivity index (χ3n) is 4.50. The lowest BCUT2D eigenvalue weighted by Gasteiger charge is -2.28. The van der Waals surface area contributed by atoms with Crippen LogP contribution in [0.25, 0.3) is 0 Å². The summed E-state index contributed by atoms with van der Waals surface area (Å²) in [5.41, 5.74) is 3.36. The van der Waals surface area contributed by atoms with E-state index in [0.717, 1.165) is 12.1 Å². The van der Waals surface area contributed by atoms with Crippen molar-refractivity contribution in [2.45, 2.75) is 44.4 Å². The molecule has 3 heteroatoms. The lowest BCUT2D eigenvalue weighted by atomic mass is 9.82. The Balaban J connectivity index is 1.89. The zero-order valence-electron chi connectivity index (χ0n) is 12.6. The number of nitrogens with one attached hydrogen (secondary N) is 1. The van der Waals surface area contributed by atoms with E-state index in [4.69, 9.17) is 0 Å². The molecule has 3 rings (SSSR count). The van der Waals surface area contributed by atoms with E-state index in [9.17, 15) is 5.11 Å². The molecule has 0 unspecified atom stereocenters. The van der Waals surface area contributed by atoms with Crippen LogP contribution in [0.2, 0.25) is 0 Å². The molecule has 1 aliphatic heterocycles. The molecule has 1 saturated heterocycles. The fourth-order valence-corrected chi connectivity index (χ4v) is 3.40. The Morgan fingerprint density at radius 1 is 1.19 bits per heavy atom. The van der Waals surface area contributed by atoms with Gasteiger partial charge in [-0.1, -0.05) is 30.3 Å². The average molecular weight is 282 g/mol. The van der Waals surface area contributed by atoms with Gasteiger partial charge in [0.25, 0.3) is 0 Å². The molecule has 0 spiro atoms. The zero-order chi connectivity index (χ0) is 14.9. The first kappa shape index (κ1) is 14.2. The maximum atomic E-state index is 9.29. The van der Waals surface area contributed by atoms with Gasteiger partial charge in [0.1, 0.15) is 0 Å². The Morgan fingerprint density at radius 3 is 2.67 bits per heavy atom. The Bertz CT molecular complexity index is 610. The maximum absolute atomic E-state index is 9.29. The van der Waals surface area contributed by atoms with E-state index >= 15 is 0 Å². The van der Waals surface area contributed by atoms with Crippen molar-refractivity contribution in [1.29, 1.82) is 0 Å². The fourth-order valence-electron chi connectivity index (χ4n) is 3.40. The molecule has 0 saturated carbocycles. The SMILES string of the molecule is CC1(C)N[C@H](c2ccccc2)C[C@@H]1c1ccnc(CO)c1. The number of benzene rings is 1. The molecule has 0 radical (unpaired) electrons. The summed E-state index contributed by atoms with van der Waals surface area (Å²) in [6.07, 6.45) is 2.86. The van der Waals surface area contributed by atoms with Crippen LogP contribution in [0.1, 0.15) is 49.0 Å². The summed E-state index contributed by atoms with van der Waals surface area (Å²) < 4.78 is 0. The third-order valence-corrected chi connectivity index (χ3v) is 4.50. The Hall–Kier alpha value is -1.71. The summed E-state index contributed by atoms with van der Waals surface area (Å²) in [6.45, 7) is 4.50. The zero-order valence-corrected chi connectivity index (χ0v) is 12.6. The molecule has 3 nitrogen and oxygen atoms in total. The number of aromatic nitrogens is 1. The fraction of sp³-hybridized carbons (Fsp3) is 0.389. The molecule has 21 heavy (non-hydrogen) atoms. The standard InChI is InChI=1S/C18H22N2O/c1-18(2)16(14-8-9-19-15(10-14)12-21)11-17(20-18)13-6-4-3-5-7-13/h3-10,16-17,20-21H,11-12H2,1-2H3/t16-,17+/m1/s1. The van der Waals surface area contributed by atoms with E-state index < -0.39 is 0 Å². The molecule has 1 fully saturated rings. The van der Waals surface area contributed by atoms with Gasteiger partial charge in [0, 0.05) is 23.7 Å². The van der Waals surface area contributed by atoms with E-state index in [-0.39, 0.29) is 12.1 Å². The Labute approximate surface area is 126 Å². The molecule has 1 aliphatic rings. The van der Waals surface area contributed by atoms with Gasteiger partial charge in [0.15, 0.2) is 0 Å². The van der Waals surface area contributed by atoms with E-state index in [1.165, 1.54) is 11.1 Å². The van der Waals surface area contributed by atoms with Gasteiger partial charge in [-0.25, -0.2) is 0 Å².